The molecule has 1 saturated heterocycles. The topological polar surface area (TPSA) is 76.4 Å². The number of amides is 1. The number of carbonyl (C=O) groups is 1. The number of hydrogen-bond acceptors (Lipinski definition) is 5. The van der Waals surface area contributed by atoms with Gasteiger partial charge in [-0.05, 0) is 48.8 Å². The molecule has 0 saturated carbocycles. The van der Waals surface area contributed by atoms with Crippen molar-refractivity contribution in [2.24, 2.45) is 10.9 Å². The number of anilines is 1. The summed E-state index contributed by atoms with van der Waals surface area (Å²) in [4.78, 5) is 21.5. The maximum Gasteiger partial charge on any atom is 0.233 e. The summed E-state index contributed by atoms with van der Waals surface area (Å²) in [6, 6.07) is 6.53. The summed E-state index contributed by atoms with van der Waals surface area (Å²) in [5, 5.41) is 9.58. The number of hydrogen-bond donors (Lipinski definition) is 2. The Morgan fingerprint density at radius 1 is 1.25 bits per heavy atom. The van der Waals surface area contributed by atoms with E-state index in [-0.39, 0.29) is 28.4 Å². The van der Waals surface area contributed by atoms with Gasteiger partial charge >= 0.3 is 0 Å². The van der Waals surface area contributed by atoms with Crippen LogP contribution in [-0.4, -0.2) is 62.7 Å². The van der Waals surface area contributed by atoms with Crippen molar-refractivity contribution in [2.75, 3.05) is 30.5 Å². The molecule has 2 aliphatic rings. The molecule has 2 aliphatic heterocycles. The van der Waals surface area contributed by atoms with E-state index in [1.807, 2.05) is 19.4 Å². The fourth-order valence-corrected chi connectivity index (χ4v) is 4.84. The molecule has 154 valence electrons. The summed E-state index contributed by atoms with van der Waals surface area (Å²) in [5.41, 5.74) is 0.754. The Labute approximate surface area is 169 Å². The van der Waals surface area contributed by atoms with Crippen LogP contribution in [0.4, 0.5) is 5.69 Å². The van der Waals surface area contributed by atoms with Crippen LogP contribution in [0.2, 0.25) is 0 Å². The zero-order valence-corrected chi connectivity index (χ0v) is 18.1. The van der Waals surface area contributed by atoms with E-state index < -0.39 is 10.3 Å². The van der Waals surface area contributed by atoms with Crippen LogP contribution in [0.3, 0.4) is 0 Å². The quantitative estimate of drug-likeness (QED) is 0.733. The lowest BCUT2D eigenvalue weighted by molar-refractivity contribution is -0.128. The van der Waals surface area contributed by atoms with Crippen LogP contribution < -0.4 is 4.90 Å². The summed E-state index contributed by atoms with van der Waals surface area (Å²) in [7, 11) is 0.161. The number of aromatic hydroxyl groups is 1. The second-order valence-corrected chi connectivity index (χ2v) is 12.4. The molecular weight excluding hydrogens is 374 g/mol. The maximum atomic E-state index is 13.1. The highest BCUT2D eigenvalue weighted by Gasteiger charge is 2.52. The van der Waals surface area contributed by atoms with E-state index in [4.69, 9.17) is 0 Å². The SMILES string of the molecule is CN1CC=CN=C1[C@H]1[C@H](CCS(C)(O)C(C)(C)C)C(=O)N1c1ccc(O)cc1. The Kier molecular flexibility index (Phi) is 5.51. The van der Waals surface area contributed by atoms with Gasteiger partial charge in [0.1, 0.15) is 17.6 Å². The number of nitrogens with zero attached hydrogens (tertiary/aromatic N) is 3. The Morgan fingerprint density at radius 3 is 2.46 bits per heavy atom. The maximum absolute atomic E-state index is 13.1. The van der Waals surface area contributed by atoms with Crippen LogP contribution in [0.25, 0.3) is 0 Å². The molecule has 1 aromatic rings. The second kappa shape index (κ2) is 7.44. The van der Waals surface area contributed by atoms with Crippen molar-refractivity contribution in [2.45, 2.75) is 38.0 Å². The molecule has 6 nitrogen and oxygen atoms in total. The second-order valence-electron chi connectivity index (χ2n) is 8.67. The lowest BCUT2D eigenvalue weighted by atomic mass is 9.83. The third kappa shape index (κ3) is 3.78. The molecule has 1 fully saturated rings. The smallest absolute Gasteiger partial charge is 0.233 e. The van der Waals surface area contributed by atoms with Gasteiger partial charge in [-0.25, -0.2) is 4.99 Å². The fourth-order valence-electron chi connectivity index (χ4n) is 3.52. The normalized spacial score (nSPS) is 25.8. The van der Waals surface area contributed by atoms with Gasteiger partial charge < -0.3 is 19.5 Å². The number of phenols is 1. The molecular formula is C21H31N3O3S. The number of likely N-dealkylation sites (N-methyl/N-ethyl adjacent to an activating group) is 1. The molecule has 0 aliphatic carbocycles. The number of rotatable bonds is 5. The molecule has 0 radical (unpaired) electrons. The number of β-lactam (4-membered cyclic amide) rings is 1. The van der Waals surface area contributed by atoms with Crippen molar-refractivity contribution in [1.82, 2.24) is 4.90 Å². The summed E-state index contributed by atoms with van der Waals surface area (Å²) >= 11 is 0. The number of aliphatic imine (C=N–C) groups is 1. The van der Waals surface area contributed by atoms with E-state index in [9.17, 15) is 14.5 Å². The predicted octanol–water partition coefficient (Wildman–Crippen LogP) is 3.68. The van der Waals surface area contributed by atoms with E-state index in [1.54, 1.807) is 35.4 Å². The van der Waals surface area contributed by atoms with Crippen LogP contribution in [-0.2, 0) is 4.79 Å². The molecule has 2 N–H and O–H groups in total. The summed E-state index contributed by atoms with van der Waals surface area (Å²) < 4.78 is 10.8. The zero-order valence-electron chi connectivity index (χ0n) is 17.3. The molecule has 7 heteroatoms. The van der Waals surface area contributed by atoms with Crippen LogP contribution in [0.1, 0.15) is 27.2 Å². The molecule has 3 rings (SSSR count). The minimum Gasteiger partial charge on any atom is -0.508 e. The lowest BCUT2D eigenvalue weighted by Gasteiger charge is -2.51. The Balaban J connectivity index is 1.87. The van der Waals surface area contributed by atoms with Crippen LogP contribution >= 0.6 is 10.3 Å². The van der Waals surface area contributed by atoms with E-state index in [1.165, 1.54) is 0 Å². The van der Waals surface area contributed by atoms with Crippen molar-refractivity contribution in [3.63, 3.8) is 0 Å². The number of carbonyl (C=O) groups excluding carboxylic acids is 1. The summed E-state index contributed by atoms with van der Waals surface area (Å²) in [6.07, 6.45) is 6.34. The van der Waals surface area contributed by atoms with E-state index >= 15 is 0 Å². The van der Waals surface area contributed by atoms with Gasteiger partial charge in [-0.3, -0.25) is 4.79 Å². The lowest BCUT2D eigenvalue weighted by Crippen LogP contribution is -2.67. The number of benzene rings is 1. The van der Waals surface area contributed by atoms with Crippen LogP contribution in [0.5, 0.6) is 5.75 Å². The van der Waals surface area contributed by atoms with Crippen molar-refractivity contribution in [3.8, 4) is 5.75 Å². The molecule has 1 amide bonds. The molecule has 0 aromatic heterocycles. The molecule has 1 aromatic carbocycles. The van der Waals surface area contributed by atoms with E-state index in [0.717, 1.165) is 18.1 Å². The van der Waals surface area contributed by atoms with Crippen molar-refractivity contribution < 1.29 is 14.5 Å². The summed E-state index contributed by atoms with van der Waals surface area (Å²) in [5.74, 6) is 1.50. The van der Waals surface area contributed by atoms with Crippen LogP contribution in [0, 0.1) is 5.92 Å². The minimum absolute atomic E-state index is 0.0467. The van der Waals surface area contributed by atoms with Gasteiger partial charge in [-0.2, -0.15) is 0 Å². The van der Waals surface area contributed by atoms with Gasteiger partial charge in [-0.1, -0.05) is 20.8 Å². The van der Waals surface area contributed by atoms with Crippen molar-refractivity contribution in [1.29, 1.82) is 0 Å². The van der Waals surface area contributed by atoms with Gasteiger partial charge in [0, 0.05) is 30.2 Å². The highest BCUT2D eigenvalue weighted by molar-refractivity contribution is 8.29. The van der Waals surface area contributed by atoms with E-state index in [0.29, 0.717) is 12.2 Å². The zero-order chi connectivity index (χ0) is 20.7. The predicted molar refractivity (Wildman–Crippen MR) is 117 cm³/mol. The standard InChI is InChI=1S/C21H31N3O3S/c1-21(2,3)28(5,27)14-11-17-18(19-22-12-6-13-23(19)4)24(20(17)26)15-7-9-16(25)10-8-15/h6-10,12,17-18,25,27H,11,13-14H2,1-5H3/t17-,18+/m0/s1. The highest BCUT2D eigenvalue weighted by Crippen LogP contribution is 2.54. The Bertz CT molecular complexity index is 796. The number of amidine groups is 1. The first-order valence-electron chi connectivity index (χ1n) is 9.57. The first kappa shape index (κ1) is 20.7. The van der Waals surface area contributed by atoms with Gasteiger partial charge in [0.2, 0.25) is 5.91 Å². The van der Waals surface area contributed by atoms with Crippen molar-refractivity contribution >= 4 is 27.7 Å². The first-order valence-corrected chi connectivity index (χ1v) is 11.7. The molecule has 0 spiro atoms. The minimum atomic E-state index is -1.82. The highest BCUT2D eigenvalue weighted by atomic mass is 32.3. The third-order valence-corrected chi connectivity index (χ3v) is 9.50. The van der Waals surface area contributed by atoms with Crippen LogP contribution in [0.15, 0.2) is 41.5 Å². The summed E-state index contributed by atoms with van der Waals surface area (Å²) in [6.45, 7) is 6.91. The monoisotopic (exact) mass is 405 g/mol. The largest absolute Gasteiger partial charge is 0.508 e. The first-order chi connectivity index (χ1) is 13.0. The average molecular weight is 406 g/mol. The van der Waals surface area contributed by atoms with Crippen molar-refractivity contribution in [3.05, 3.63) is 36.5 Å². The Morgan fingerprint density at radius 2 is 1.89 bits per heavy atom. The van der Waals surface area contributed by atoms with E-state index in [2.05, 4.69) is 30.7 Å². The fraction of sp³-hybridized carbons (Fsp3) is 0.524. The Hall–Kier alpha value is -1.99. The van der Waals surface area contributed by atoms with Gasteiger partial charge in [0.05, 0.1) is 5.92 Å². The molecule has 28 heavy (non-hydrogen) atoms. The molecule has 1 unspecified atom stereocenters. The third-order valence-electron chi connectivity index (χ3n) is 5.83. The molecule has 3 atom stereocenters. The average Bonchev–Trinajstić information content (AvgIpc) is 2.61. The number of phenolic OH excluding ortho intramolecular Hbond substituents is 1. The molecule has 2 heterocycles. The molecule has 0 bridgehead atoms. The van der Waals surface area contributed by atoms with Gasteiger partial charge in [0.25, 0.3) is 0 Å². The van der Waals surface area contributed by atoms with Gasteiger partial charge in [-0.15, -0.1) is 10.3 Å². The van der Waals surface area contributed by atoms with Gasteiger partial charge in [0.15, 0.2) is 0 Å².